The zero-order valence-electron chi connectivity index (χ0n) is 5.68. The fourth-order valence-corrected chi connectivity index (χ4v) is 1.35. The van der Waals surface area contributed by atoms with Gasteiger partial charge >= 0.3 is 0 Å². The highest BCUT2D eigenvalue weighted by molar-refractivity contribution is 7.21. The Morgan fingerprint density at radius 1 is 1.42 bits per heavy atom. The molecule has 0 aromatic rings. The number of hydrogen-bond donors (Lipinski definition) is 0. The zero-order valence-corrected chi connectivity index (χ0v) is 7.33. The van der Waals surface area contributed by atoms with Crippen LogP contribution in [0.2, 0.25) is 5.15 Å². The summed E-state index contributed by atoms with van der Waals surface area (Å²) in [6, 6.07) is 0. The molecule has 2 heterocycles. The van der Waals surface area contributed by atoms with E-state index < -0.39 is 0 Å². The number of hydrogen-bond acceptors (Lipinski definition) is 4. The van der Waals surface area contributed by atoms with E-state index >= 15 is 0 Å². The van der Waals surface area contributed by atoms with Crippen molar-refractivity contribution in [3.05, 3.63) is 17.8 Å². The summed E-state index contributed by atoms with van der Waals surface area (Å²) in [6.07, 6.45) is 2.69. The molecule has 0 spiro atoms. The summed E-state index contributed by atoms with van der Waals surface area (Å²) in [5.74, 6) is 0.465. The quantitative estimate of drug-likeness (QED) is 0.517. The summed E-state index contributed by atoms with van der Waals surface area (Å²) < 4.78 is 11.9. The molecule has 2 aliphatic rings. The molecule has 60 valence electrons. The number of imidazole rings is 1. The molecule has 0 aromatic carbocycles. The largest absolute Gasteiger partial charge is 0.289 e. The van der Waals surface area contributed by atoms with Crippen molar-refractivity contribution in [2.75, 3.05) is 0 Å². The van der Waals surface area contributed by atoms with Gasteiger partial charge in [-0.1, -0.05) is 11.6 Å². The van der Waals surface area contributed by atoms with E-state index in [1.165, 1.54) is 17.0 Å². The van der Waals surface area contributed by atoms with Gasteiger partial charge in [-0.05, 0) is 0 Å². The standard InChI is InChI=1S/C5H2ClN4OP/c6-4-3-5(8-1-7-3)10(12-11)2-9-4/h1-2H. The first kappa shape index (κ1) is 7.58. The summed E-state index contributed by atoms with van der Waals surface area (Å²) in [5, 5.41) is 0.266. The van der Waals surface area contributed by atoms with Crippen LogP contribution in [0.5, 0.6) is 0 Å². The van der Waals surface area contributed by atoms with Crippen molar-refractivity contribution in [3.63, 3.8) is 0 Å². The molecule has 0 atom stereocenters. The van der Waals surface area contributed by atoms with E-state index in [2.05, 4.69) is 15.0 Å². The highest BCUT2D eigenvalue weighted by Crippen LogP contribution is 2.25. The average Bonchev–Trinajstić information content (AvgIpc) is 2.54. The lowest BCUT2D eigenvalue weighted by atomic mass is 10.4. The van der Waals surface area contributed by atoms with Crippen LogP contribution in [0.15, 0.2) is 12.7 Å². The van der Waals surface area contributed by atoms with Crippen molar-refractivity contribution in [1.82, 2.24) is 19.3 Å². The second kappa shape index (κ2) is 2.77. The zero-order chi connectivity index (χ0) is 8.55. The fourth-order valence-electron chi connectivity index (χ4n) is 0.854. The minimum Gasteiger partial charge on any atom is -0.248 e. The molecule has 0 amide bonds. The topological polar surface area (TPSA) is 60.7 Å². The Hall–Kier alpha value is -1.06. The summed E-state index contributed by atoms with van der Waals surface area (Å²) in [7, 11) is -0.203. The Bertz CT molecular complexity index is 403. The van der Waals surface area contributed by atoms with E-state index in [0.29, 0.717) is 11.5 Å². The Morgan fingerprint density at radius 3 is 3.00 bits per heavy atom. The van der Waals surface area contributed by atoms with Crippen LogP contribution in [-0.2, 0) is 4.57 Å². The third-order valence-electron chi connectivity index (χ3n) is 1.36. The molecule has 0 N–H and O–H groups in total. The molecule has 5 nitrogen and oxygen atoms in total. The third kappa shape index (κ3) is 0.983. The van der Waals surface area contributed by atoms with Gasteiger partial charge < -0.3 is 0 Å². The first-order valence-electron chi connectivity index (χ1n) is 3.00. The second-order valence-electron chi connectivity index (χ2n) is 2.01. The number of rotatable bonds is 1. The van der Waals surface area contributed by atoms with Crippen LogP contribution in [0.3, 0.4) is 0 Å². The first-order chi connectivity index (χ1) is 5.83. The Morgan fingerprint density at radius 2 is 2.25 bits per heavy atom. The lowest BCUT2D eigenvalue weighted by molar-refractivity contribution is 0.593. The maximum absolute atomic E-state index is 10.5. The molecule has 0 aliphatic carbocycles. The summed E-state index contributed by atoms with van der Waals surface area (Å²) in [5.41, 5.74) is 0.461. The fraction of sp³-hybridized carbons (Fsp3) is 0. The van der Waals surface area contributed by atoms with Crippen LogP contribution < -0.4 is 0 Å². The maximum Gasteiger partial charge on any atom is 0.289 e. The summed E-state index contributed by atoms with van der Waals surface area (Å²) in [6.45, 7) is 0. The van der Waals surface area contributed by atoms with Crippen LogP contribution in [-0.4, -0.2) is 19.3 Å². The number of fused-ring (bicyclic) bond motifs is 1. The molecule has 7 heteroatoms. The lowest BCUT2D eigenvalue weighted by Gasteiger charge is -2.00. The average molecular weight is 201 g/mol. The predicted octanol–water partition coefficient (Wildman–Crippen LogP) is 1.49. The molecule has 2 rings (SSSR count). The predicted molar refractivity (Wildman–Crippen MR) is 42.5 cm³/mol. The van der Waals surface area contributed by atoms with E-state index in [-0.39, 0.29) is 13.8 Å². The third-order valence-corrected chi connectivity index (χ3v) is 2.10. The van der Waals surface area contributed by atoms with Gasteiger partial charge in [-0.2, -0.15) is 0 Å². The molecule has 0 saturated heterocycles. The maximum atomic E-state index is 10.5. The van der Waals surface area contributed by atoms with E-state index in [0.717, 1.165) is 0 Å². The molecule has 0 aromatic heterocycles. The molecule has 2 aliphatic heterocycles. The smallest absolute Gasteiger partial charge is 0.248 e. The van der Waals surface area contributed by atoms with Crippen LogP contribution in [0, 0.1) is 0 Å². The van der Waals surface area contributed by atoms with Crippen molar-refractivity contribution in [3.8, 4) is 11.5 Å². The highest BCUT2D eigenvalue weighted by Gasteiger charge is 2.14. The molecule has 0 saturated carbocycles. The van der Waals surface area contributed by atoms with Crippen molar-refractivity contribution >= 4 is 20.2 Å². The molecular weight excluding hydrogens is 199 g/mol. The molecule has 0 unspecified atom stereocenters. The number of nitrogens with zero attached hydrogens (tertiary/aromatic N) is 4. The van der Waals surface area contributed by atoms with Crippen LogP contribution in [0.1, 0.15) is 0 Å². The summed E-state index contributed by atoms with van der Waals surface area (Å²) in [4.78, 5) is 11.5. The molecular formula is C5H2ClN4OP. The van der Waals surface area contributed by atoms with E-state index in [9.17, 15) is 4.57 Å². The van der Waals surface area contributed by atoms with Crippen molar-refractivity contribution < 1.29 is 4.57 Å². The van der Waals surface area contributed by atoms with Crippen LogP contribution >= 0.6 is 20.2 Å². The Labute approximate surface area is 74.0 Å². The number of aromatic nitrogens is 4. The monoisotopic (exact) mass is 200 g/mol. The van der Waals surface area contributed by atoms with Gasteiger partial charge in [-0.15, -0.1) is 0 Å². The molecule has 12 heavy (non-hydrogen) atoms. The van der Waals surface area contributed by atoms with Gasteiger partial charge in [0.1, 0.15) is 18.3 Å². The van der Waals surface area contributed by atoms with E-state index in [1.54, 1.807) is 0 Å². The normalized spacial score (nSPS) is 11.1. The van der Waals surface area contributed by atoms with Gasteiger partial charge in [-0.3, -0.25) is 0 Å². The molecule has 0 fully saturated rings. The van der Waals surface area contributed by atoms with Gasteiger partial charge in [0.25, 0.3) is 8.61 Å². The van der Waals surface area contributed by atoms with E-state index in [1.807, 2.05) is 0 Å². The van der Waals surface area contributed by atoms with Crippen LogP contribution in [0.4, 0.5) is 0 Å². The van der Waals surface area contributed by atoms with Gasteiger partial charge in [0.2, 0.25) is 0 Å². The first-order valence-corrected chi connectivity index (χ1v) is 4.14. The van der Waals surface area contributed by atoms with Gasteiger partial charge in [0, 0.05) is 0 Å². The SMILES string of the molecule is O=Pn1cnc(Cl)c2ncnc1-2. The number of halogens is 1. The highest BCUT2D eigenvalue weighted by atomic mass is 35.5. The Balaban J connectivity index is 2.78. The lowest BCUT2D eigenvalue weighted by Crippen LogP contribution is -1.95. The minimum absolute atomic E-state index is 0.203. The van der Waals surface area contributed by atoms with Gasteiger partial charge in [0.05, 0.1) is 0 Å². The van der Waals surface area contributed by atoms with Crippen molar-refractivity contribution in [2.45, 2.75) is 0 Å². The van der Waals surface area contributed by atoms with Crippen molar-refractivity contribution in [1.29, 1.82) is 0 Å². The second-order valence-corrected chi connectivity index (χ2v) is 2.96. The van der Waals surface area contributed by atoms with Crippen molar-refractivity contribution in [2.24, 2.45) is 0 Å². The minimum atomic E-state index is -0.203. The van der Waals surface area contributed by atoms with Crippen LogP contribution in [0.25, 0.3) is 11.5 Å². The van der Waals surface area contributed by atoms with E-state index in [4.69, 9.17) is 11.6 Å². The van der Waals surface area contributed by atoms with Gasteiger partial charge in [0.15, 0.2) is 11.0 Å². The Kier molecular flexibility index (Phi) is 1.75. The molecule has 0 radical (unpaired) electrons. The summed E-state index contributed by atoms with van der Waals surface area (Å²) >= 11 is 5.70. The van der Waals surface area contributed by atoms with Gasteiger partial charge in [-0.25, -0.2) is 23.9 Å². The molecule has 0 bridgehead atoms.